The van der Waals surface area contributed by atoms with E-state index >= 15 is 0 Å². The first-order chi connectivity index (χ1) is 13.6. The van der Waals surface area contributed by atoms with Crippen LogP contribution >= 0.6 is 0 Å². The fourth-order valence-corrected chi connectivity index (χ4v) is 5.53. The number of nitrogens with zero attached hydrogens (tertiary/aromatic N) is 1. The van der Waals surface area contributed by atoms with Gasteiger partial charge in [-0.15, -0.1) is 9.35 Å². The molecule has 0 aromatic heterocycles. The van der Waals surface area contributed by atoms with Gasteiger partial charge in [-0.25, -0.2) is 0 Å². The summed E-state index contributed by atoms with van der Waals surface area (Å²) in [4.78, 5) is 34.7. The Morgan fingerprint density at radius 3 is 2.45 bits per heavy atom. The van der Waals surface area contributed by atoms with Crippen molar-refractivity contribution in [2.45, 2.75) is 58.5 Å². The molecule has 3 aliphatic carbocycles. The molecule has 0 aromatic carbocycles. The molecule has 6 atom stereocenters. The first-order valence-corrected chi connectivity index (χ1v) is 12.0. The molecule has 0 radical (unpaired) electrons. The van der Waals surface area contributed by atoms with Crippen molar-refractivity contribution < 1.29 is 31.8 Å². The Labute approximate surface area is 171 Å². The molecular weight excluding hydrogens is 398 g/mol. The first kappa shape index (κ1) is 22.0. The van der Waals surface area contributed by atoms with E-state index in [0.29, 0.717) is 17.4 Å². The molecule has 0 spiro atoms. The van der Waals surface area contributed by atoms with Crippen LogP contribution in [0.25, 0.3) is 0 Å². The summed E-state index contributed by atoms with van der Waals surface area (Å²) < 4.78 is 31.8. The second kappa shape index (κ2) is 8.55. The van der Waals surface area contributed by atoms with Crippen LogP contribution < -0.4 is 0 Å². The van der Waals surface area contributed by atoms with Crippen LogP contribution in [0.5, 0.6) is 0 Å². The Bertz CT molecular complexity index is 806. The summed E-state index contributed by atoms with van der Waals surface area (Å²) in [5.74, 6) is -0.669. The van der Waals surface area contributed by atoms with Crippen LogP contribution in [-0.2, 0) is 33.5 Å². The van der Waals surface area contributed by atoms with Gasteiger partial charge in [-0.1, -0.05) is 19.1 Å². The zero-order valence-electron chi connectivity index (χ0n) is 17.1. The molecule has 8 nitrogen and oxygen atoms in total. The van der Waals surface area contributed by atoms with Crippen molar-refractivity contribution in [3.8, 4) is 0 Å². The standard InChI is InChI=1S/C11H15NO5S.C9H14O2/c1-3-7-5-4-6-8-9(7)11(14)12(10(8)13)17-18(2,15)16;1-6(10)11-9-5-7-2-3-8(9)4-7/h4-5,7-9H,3,6H2,1-2H3;7-9H,2-5H2,1H3. The molecule has 4 aliphatic rings. The Morgan fingerprint density at radius 1 is 1.21 bits per heavy atom. The van der Waals surface area contributed by atoms with Crippen molar-refractivity contribution in [3.63, 3.8) is 0 Å². The number of carbonyl (C=O) groups excluding carboxylic acids is 3. The molecule has 4 rings (SSSR count). The molecule has 162 valence electrons. The zero-order valence-corrected chi connectivity index (χ0v) is 17.9. The number of rotatable bonds is 4. The van der Waals surface area contributed by atoms with E-state index in [1.165, 1.54) is 26.2 Å². The lowest BCUT2D eigenvalue weighted by Gasteiger charge is -2.24. The summed E-state index contributed by atoms with van der Waals surface area (Å²) in [6.45, 7) is 3.43. The maximum Gasteiger partial charge on any atom is 0.302 e. The van der Waals surface area contributed by atoms with E-state index < -0.39 is 33.8 Å². The van der Waals surface area contributed by atoms with Crippen LogP contribution in [-0.4, -0.2) is 43.6 Å². The number of hydrogen-bond donors (Lipinski definition) is 0. The summed E-state index contributed by atoms with van der Waals surface area (Å²) in [6, 6.07) is 0. The molecule has 3 fully saturated rings. The normalized spacial score (nSPS) is 35.3. The Balaban J connectivity index is 0.000000186. The highest BCUT2D eigenvalue weighted by Crippen LogP contribution is 2.45. The quantitative estimate of drug-likeness (QED) is 0.384. The maximum atomic E-state index is 12.1. The second-order valence-electron chi connectivity index (χ2n) is 8.44. The molecule has 1 aliphatic heterocycles. The van der Waals surface area contributed by atoms with Crippen LogP contribution in [0.15, 0.2) is 12.2 Å². The van der Waals surface area contributed by atoms with Crippen molar-refractivity contribution >= 4 is 27.9 Å². The van der Waals surface area contributed by atoms with E-state index in [1.54, 1.807) is 0 Å². The number of hydrogen-bond acceptors (Lipinski definition) is 7. The average molecular weight is 428 g/mol. The topological polar surface area (TPSA) is 107 Å². The van der Waals surface area contributed by atoms with Crippen LogP contribution in [0.3, 0.4) is 0 Å². The predicted molar refractivity (Wildman–Crippen MR) is 103 cm³/mol. The van der Waals surface area contributed by atoms with Crippen molar-refractivity contribution in [1.82, 2.24) is 5.06 Å². The number of esters is 1. The largest absolute Gasteiger partial charge is 0.462 e. The monoisotopic (exact) mass is 427 g/mol. The van der Waals surface area contributed by atoms with E-state index in [2.05, 4.69) is 4.28 Å². The van der Waals surface area contributed by atoms with Crippen molar-refractivity contribution in [2.75, 3.05) is 6.26 Å². The van der Waals surface area contributed by atoms with Gasteiger partial charge in [-0.05, 0) is 56.3 Å². The molecule has 0 aromatic rings. The van der Waals surface area contributed by atoms with Crippen molar-refractivity contribution in [3.05, 3.63) is 12.2 Å². The number of amides is 2. The minimum Gasteiger partial charge on any atom is -0.462 e. The lowest BCUT2D eigenvalue weighted by molar-refractivity contribution is -0.165. The summed E-state index contributed by atoms with van der Waals surface area (Å²) in [5.41, 5.74) is 0. The highest BCUT2D eigenvalue weighted by atomic mass is 32.2. The van der Waals surface area contributed by atoms with Crippen LogP contribution in [0.1, 0.15) is 52.4 Å². The Kier molecular flexibility index (Phi) is 6.48. The summed E-state index contributed by atoms with van der Waals surface area (Å²) in [6.07, 6.45) is 11.1. The molecule has 1 heterocycles. The fraction of sp³-hybridized carbons (Fsp3) is 0.750. The van der Waals surface area contributed by atoms with Gasteiger partial charge in [0.05, 0.1) is 18.1 Å². The lowest BCUT2D eigenvalue weighted by atomic mass is 9.76. The van der Waals surface area contributed by atoms with E-state index in [0.717, 1.165) is 25.0 Å². The highest BCUT2D eigenvalue weighted by molar-refractivity contribution is 7.85. The Hall–Kier alpha value is -1.74. The van der Waals surface area contributed by atoms with E-state index in [-0.39, 0.29) is 18.0 Å². The zero-order chi connectivity index (χ0) is 21.3. The molecule has 6 unspecified atom stereocenters. The minimum atomic E-state index is -3.88. The SMILES string of the molecule is CC(=O)OC1CC2CCC1C2.CCC1C=CCC2C(=O)N(OS(C)(=O)=O)C(=O)C12. The average Bonchev–Trinajstić information content (AvgIpc) is 3.31. The van der Waals surface area contributed by atoms with Crippen LogP contribution in [0.2, 0.25) is 0 Å². The van der Waals surface area contributed by atoms with Crippen LogP contribution in [0.4, 0.5) is 0 Å². The molecule has 2 bridgehead atoms. The molecule has 0 N–H and O–H groups in total. The van der Waals surface area contributed by atoms with Gasteiger partial charge in [0.15, 0.2) is 0 Å². The van der Waals surface area contributed by atoms with Gasteiger partial charge in [-0.3, -0.25) is 14.4 Å². The molecule has 29 heavy (non-hydrogen) atoms. The third-order valence-corrected chi connectivity index (χ3v) is 6.76. The maximum absolute atomic E-state index is 12.1. The number of fused-ring (bicyclic) bond motifs is 3. The van der Waals surface area contributed by atoms with Gasteiger partial charge < -0.3 is 4.74 Å². The molecule has 1 saturated heterocycles. The first-order valence-electron chi connectivity index (χ1n) is 10.2. The van der Waals surface area contributed by atoms with Gasteiger partial charge in [-0.2, -0.15) is 8.42 Å². The van der Waals surface area contributed by atoms with Gasteiger partial charge >= 0.3 is 5.97 Å². The third kappa shape index (κ3) is 4.88. The predicted octanol–water partition coefficient (Wildman–Crippen LogP) is 2.20. The van der Waals surface area contributed by atoms with Crippen LogP contribution in [0, 0.1) is 29.6 Å². The lowest BCUT2D eigenvalue weighted by Crippen LogP contribution is -2.34. The number of ether oxygens (including phenoxy) is 1. The minimum absolute atomic E-state index is 0.0339. The van der Waals surface area contributed by atoms with Gasteiger partial charge in [0, 0.05) is 6.92 Å². The number of carbonyl (C=O) groups is 3. The van der Waals surface area contributed by atoms with E-state index in [1.807, 2.05) is 19.1 Å². The smallest absolute Gasteiger partial charge is 0.302 e. The van der Waals surface area contributed by atoms with Gasteiger partial charge in [0.2, 0.25) is 0 Å². The van der Waals surface area contributed by atoms with Crippen molar-refractivity contribution in [2.24, 2.45) is 29.6 Å². The van der Waals surface area contributed by atoms with E-state index in [9.17, 15) is 22.8 Å². The molecule has 2 saturated carbocycles. The molecular formula is C20H29NO7S. The Morgan fingerprint density at radius 2 is 1.93 bits per heavy atom. The van der Waals surface area contributed by atoms with E-state index in [4.69, 9.17) is 4.74 Å². The molecule has 2 amide bonds. The summed E-state index contributed by atoms with van der Waals surface area (Å²) in [5, 5.41) is 0.417. The number of allylic oxidation sites excluding steroid dienone is 2. The van der Waals surface area contributed by atoms with Gasteiger partial charge in [0.25, 0.3) is 21.9 Å². The van der Waals surface area contributed by atoms with Gasteiger partial charge in [0.1, 0.15) is 6.10 Å². The number of hydroxylamine groups is 2. The summed E-state index contributed by atoms with van der Waals surface area (Å²) >= 11 is 0. The number of imide groups is 1. The molecule has 9 heteroatoms. The highest BCUT2D eigenvalue weighted by Gasteiger charge is 2.52. The second-order valence-corrected chi connectivity index (χ2v) is 10.00. The third-order valence-electron chi connectivity index (χ3n) is 6.34. The fourth-order valence-electron chi connectivity index (χ4n) is 5.11. The van der Waals surface area contributed by atoms with Crippen molar-refractivity contribution in [1.29, 1.82) is 0 Å². The summed E-state index contributed by atoms with van der Waals surface area (Å²) in [7, 11) is -3.88.